The number of hydrogen-bond acceptors (Lipinski definition) is 7. The zero-order chi connectivity index (χ0) is 29.3. The number of fused-ring (bicyclic) bond motifs is 3. The molecule has 0 bridgehead atoms. The molecular formula is C31H35N5O6. The third-order valence-corrected chi connectivity index (χ3v) is 8.52. The van der Waals surface area contributed by atoms with Gasteiger partial charge in [0.2, 0.25) is 17.7 Å². The van der Waals surface area contributed by atoms with E-state index in [0.29, 0.717) is 30.3 Å². The molecule has 42 heavy (non-hydrogen) atoms. The number of nitrogens with zero attached hydrogens (tertiary/aromatic N) is 4. The summed E-state index contributed by atoms with van der Waals surface area (Å²) in [4.78, 5) is 45.6. The number of carboxylic acids is 1. The fraction of sp³-hybridized carbons (Fsp3) is 0.452. The molecular weight excluding hydrogens is 538 g/mol. The molecule has 3 aromatic rings. The molecule has 11 heteroatoms. The molecule has 4 heterocycles. The summed E-state index contributed by atoms with van der Waals surface area (Å²) in [6, 6.07) is 8.43. The van der Waals surface area contributed by atoms with Crippen molar-refractivity contribution < 1.29 is 29.0 Å². The zero-order valence-corrected chi connectivity index (χ0v) is 23.6. The van der Waals surface area contributed by atoms with E-state index in [-0.39, 0.29) is 24.8 Å². The van der Waals surface area contributed by atoms with Gasteiger partial charge >= 0.3 is 5.97 Å². The van der Waals surface area contributed by atoms with E-state index in [2.05, 4.69) is 10.4 Å². The molecule has 0 spiro atoms. The summed E-state index contributed by atoms with van der Waals surface area (Å²) in [7, 11) is 1.60. The van der Waals surface area contributed by atoms with Crippen molar-refractivity contribution in [2.45, 2.75) is 69.1 Å². The smallest absolute Gasteiger partial charge is 0.330 e. The number of aromatic nitrogens is 3. The molecule has 2 aromatic heterocycles. The van der Waals surface area contributed by atoms with Crippen LogP contribution in [0.3, 0.4) is 0 Å². The van der Waals surface area contributed by atoms with Crippen LogP contribution in [0, 0.1) is 5.92 Å². The van der Waals surface area contributed by atoms with E-state index in [1.54, 1.807) is 35.2 Å². The van der Waals surface area contributed by atoms with Crippen molar-refractivity contribution >= 4 is 28.6 Å². The van der Waals surface area contributed by atoms with Gasteiger partial charge in [-0.3, -0.25) is 9.59 Å². The topological polar surface area (TPSA) is 136 Å². The summed E-state index contributed by atoms with van der Waals surface area (Å²) in [5.74, 6) is -0.321. The second-order valence-electron chi connectivity index (χ2n) is 11.3. The van der Waals surface area contributed by atoms with Crippen LogP contribution in [0.2, 0.25) is 0 Å². The van der Waals surface area contributed by atoms with Gasteiger partial charge in [0.1, 0.15) is 23.4 Å². The zero-order valence-electron chi connectivity index (χ0n) is 23.6. The molecule has 2 amide bonds. The van der Waals surface area contributed by atoms with Crippen molar-refractivity contribution in [3.8, 4) is 17.4 Å². The Morgan fingerprint density at radius 3 is 2.81 bits per heavy atom. The molecule has 6 rings (SSSR count). The van der Waals surface area contributed by atoms with Crippen LogP contribution < -0.4 is 14.8 Å². The average molecular weight is 574 g/mol. The minimum absolute atomic E-state index is 0.126. The highest BCUT2D eigenvalue weighted by Crippen LogP contribution is 2.45. The highest BCUT2D eigenvalue weighted by molar-refractivity contribution is 5.95. The van der Waals surface area contributed by atoms with E-state index in [9.17, 15) is 19.5 Å². The molecule has 0 radical (unpaired) electrons. The van der Waals surface area contributed by atoms with Crippen LogP contribution in [0.15, 0.2) is 54.9 Å². The van der Waals surface area contributed by atoms with Crippen molar-refractivity contribution in [3.63, 3.8) is 0 Å². The van der Waals surface area contributed by atoms with Gasteiger partial charge in [-0.05, 0) is 61.4 Å². The molecule has 1 saturated carbocycles. The number of pyridine rings is 1. The summed E-state index contributed by atoms with van der Waals surface area (Å²) in [6.45, 7) is 0.200. The van der Waals surface area contributed by atoms with Gasteiger partial charge in [-0.15, -0.1) is 0 Å². The van der Waals surface area contributed by atoms with Gasteiger partial charge in [-0.2, -0.15) is 10.1 Å². The molecule has 4 unspecified atom stereocenters. The van der Waals surface area contributed by atoms with E-state index in [1.807, 2.05) is 36.4 Å². The molecule has 2 fully saturated rings. The normalized spacial score (nSPS) is 27.3. The van der Waals surface area contributed by atoms with Crippen LogP contribution >= 0.6 is 0 Å². The quantitative estimate of drug-likeness (QED) is 0.442. The second kappa shape index (κ2) is 11.5. The number of aliphatic carboxylic acids is 1. The summed E-state index contributed by atoms with van der Waals surface area (Å²) in [6.07, 6.45) is 12.2. The summed E-state index contributed by atoms with van der Waals surface area (Å²) in [5, 5.41) is 18.7. The number of amides is 2. The number of carbonyl (C=O) groups excluding carboxylic acids is 2. The maximum atomic E-state index is 13.6. The molecule has 3 aliphatic rings. The van der Waals surface area contributed by atoms with E-state index < -0.39 is 29.6 Å². The standard InChI is InChI=1S/C31H35N5O6/c1-41-22-11-12-24-20(15-22)16-26(36-14-8-13-32-36)33-29(24)42-23-17-25-28(38)34-31(30(39)40)18-21(31)9-6-4-2-3-5-7-10-27(37)35(25)19-23/h6,8-9,11-16,21,23,25H,2-5,7,10,17-19H2,1H3,(H,34,38)(H,39,40)/b9-6-. The van der Waals surface area contributed by atoms with Gasteiger partial charge in [0.05, 0.1) is 13.7 Å². The van der Waals surface area contributed by atoms with Crippen molar-refractivity contribution in [2.24, 2.45) is 5.92 Å². The first-order valence-corrected chi connectivity index (χ1v) is 14.5. The van der Waals surface area contributed by atoms with Crippen LogP contribution in [-0.2, 0) is 14.4 Å². The predicted octanol–water partition coefficient (Wildman–Crippen LogP) is 3.65. The lowest BCUT2D eigenvalue weighted by molar-refractivity contribution is -0.145. The molecule has 1 saturated heterocycles. The highest BCUT2D eigenvalue weighted by Gasteiger charge is 2.61. The number of ether oxygens (including phenoxy) is 2. The Balaban J connectivity index is 1.29. The van der Waals surface area contributed by atoms with Crippen molar-refractivity contribution in [1.82, 2.24) is 25.0 Å². The fourth-order valence-electron chi connectivity index (χ4n) is 6.06. The largest absolute Gasteiger partial charge is 0.497 e. The van der Waals surface area contributed by atoms with Gasteiger partial charge in [-0.25, -0.2) is 9.48 Å². The Bertz CT molecular complexity index is 1520. The Hall–Kier alpha value is -4.41. The van der Waals surface area contributed by atoms with E-state index >= 15 is 0 Å². The lowest BCUT2D eigenvalue weighted by atomic mass is 10.1. The Morgan fingerprint density at radius 2 is 2.02 bits per heavy atom. The van der Waals surface area contributed by atoms with Crippen molar-refractivity contribution in [3.05, 3.63) is 54.9 Å². The molecule has 220 valence electrons. The first kappa shape index (κ1) is 27.7. The fourth-order valence-corrected chi connectivity index (χ4v) is 6.06. The highest BCUT2D eigenvalue weighted by atomic mass is 16.5. The van der Waals surface area contributed by atoms with E-state index in [4.69, 9.17) is 14.5 Å². The number of rotatable bonds is 5. The maximum Gasteiger partial charge on any atom is 0.330 e. The molecule has 2 aliphatic heterocycles. The number of carbonyl (C=O) groups is 3. The molecule has 11 nitrogen and oxygen atoms in total. The van der Waals surface area contributed by atoms with Gasteiger partial charge in [0.25, 0.3) is 0 Å². The SMILES string of the molecule is COc1ccc2c(OC3CC4C(=O)NC5(C(=O)O)CC5/C=C\CCCCCCC(=O)N4C3)nc(-n3cccn3)cc2c1. The Morgan fingerprint density at radius 1 is 1.17 bits per heavy atom. The Labute approximate surface area is 243 Å². The summed E-state index contributed by atoms with van der Waals surface area (Å²) < 4.78 is 13.5. The Kier molecular flexibility index (Phi) is 7.57. The van der Waals surface area contributed by atoms with Gasteiger partial charge < -0.3 is 24.8 Å². The minimum atomic E-state index is -1.34. The van der Waals surface area contributed by atoms with Crippen LogP contribution in [0.25, 0.3) is 16.6 Å². The molecule has 2 N–H and O–H groups in total. The molecule has 4 atom stereocenters. The summed E-state index contributed by atoms with van der Waals surface area (Å²) in [5.41, 5.74) is -1.34. The van der Waals surface area contributed by atoms with Crippen LogP contribution in [-0.4, -0.2) is 73.9 Å². The van der Waals surface area contributed by atoms with E-state index in [1.165, 1.54) is 0 Å². The third-order valence-electron chi connectivity index (χ3n) is 8.52. The van der Waals surface area contributed by atoms with Crippen LogP contribution in [0.5, 0.6) is 11.6 Å². The minimum Gasteiger partial charge on any atom is -0.497 e. The molecule has 1 aromatic carbocycles. The van der Waals surface area contributed by atoms with Crippen molar-refractivity contribution in [1.29, 1.82) is 0 Å². The monoisotopic (exact) mass is 573 g/mol. The number of nitrogens with one attached hydrogen (secondary N) is 1. The number of benzene rings is 1. The van der Waals surface area contributed by atoms with Gasteiger partial charge in [0.15, 0.2) is 5.82 Å². The first-order valence-electron chi connectivity index (χ1n) is 14.5. The van der Waals surface area contributed by atoms with E-state index in [0.717, 1.165) is 42.9 Å². The van der Waals surface area contributed by atoms with Crippen LogP contribution in [0.4, 0.5) is 0 Å². The number of allylic oxidation sites excluding steroid dienone is 1. The summed E-state index contributed by atoms with van der Waals surface area (Å²) >= 11 is 0. The second-order valence-corrected chi connectivity index (χ2v) is 11.3. The number of hydrogen-bond donors (Lipinski definition) is 2. The lowest BCUT2D eigenvalue weighted by Crippen LogP contribution is -2.53. The van der Waals surface area contributed by atoms with Gasteiger partial charge in [0, 0.05) is 36.5 Å². The lowest BCUT2D eigenvalue weighted by Gasteiger charge is -2.25. The van der Waals surface area contributed by atoms with Crippen LogP contribution in [0.1, 0.15) is 51.4 Å². The third kappa shape index (κ3) is 5.43. The number of methoxy groups -OCH3 is 1. The van der Waals surface area contributed by atoms with Gasteiger partial charge in [-0.1, -0.05) is 25.0 Å². The first-order chi connectivity index (χ1) is 20.4. The predicted molar refractivity (Wildman–Crippen MR) is 153 cm³/mol. The van der Waals surface area contributed by atoms with Crippen molar-refractivity contribution in [2.75, 3.05) is 13.7 Å². The molecule has 1 aliphatic carbocycles. The number of carboxylic acid groups (broad SMARTS) is 1. The maximum absolute atomic E-state index is 13.6. The average Bonchev–Trinajstić information content (AvgIpc) is 3.31.